The molecule has 0 unspecified atom stereocenters. The standard InChI is InChI=1S/C11H16ClN3O/c1-13-9-2-4-15(5-3-9)11(16)10-6-8(12)7-14-10/h6-7,9,13-14H,2-5H2,1H3. The Hall–Kier alpha value is -1.00. The number of hydrogen-bond donors (Lipinski definition) is 2. The van der Waals surface area contributed by atoms with E-state index < -0.39 is 0 Å². The molecule has 0 aromatic carbocycles. The van der Waals surface area contributed by atoms with Crippen LogP contribution in [-0.4, -0.2) is 42.0 Å². The largest absolute Gasteiger partial charge is 0.356 e. The lowest BCUT2D eigenvalue weighted by Crippen LogP contribution is -2.44. The summed E-state index contributed by atoms with van der Waals surface area (Å²) in [6.07, 6.45) is 3.66. The molecule has 0 saturated carbocycles. The van der Waals surface area contributed by atoms with Gasteiger partial charge in [0.05, 0.1) is 5.02 Å². The molecule has 1 aromatic heterocycles. The minimum absolute atomic E-state index is 0.0430. The van der Waals surface area contributed by atoms with Gasteiger partial charge in [0.2, 0.25) is 0 Å². The molecule has 0 bridgehead atoms. The van der Waals surface area contributed by atoms with E-state index in [9.17, 15) is 4.79 Å². The van der Waals surface area contributed by atoms with Crippen molar-refractivity contribution in [3.05, 3.63) is 23.0 Å². The number of aromatic amines is 1. The van der Waals surface area contributed by atoms with Crippen LogP contribution < -0.4 is 5.32 Å². The maximum atomic E-state index is 12.0. The number of piperidine rings is 1. The molecular weight excluding hydrogens is 226 g/mol. The molecule has 0 aliphatic carbocycles. The highest BCUT2D eigenvalue weighted by atomic mass is 35.5. The number of likely N-dealkylation sites (tertiary alicyclic amines) is 1. The Kier molecular flexibility index (Phi) is 3.51. The Labute approximate surface area is 100.0 Å². The van der Waals surface area contributed by atoms with Crippen LogP contribution in [0.15, 0.2) is 12.3 Å². The third-order valence-electron chi connectivity index (χ3n) is 3.07. The Morgan fingerprint density at radius 2 is 2.25 bits per heavy atom. The average molecular weight is 242 g/mol. The van der Waals surface area contributed by atoms with Crippen LogP contribution in [0.3, 0.4) is 0 Å². The minimum Gasteiger partial charge on any atom is -0.356 e. The molecule has 2 rings (SSSR count). The molecule has 1 aliphatic heterocycles. The Bertz CT molecular complexity index is 369. The molecule has 2 N–H and O–H groups in total. The maximum absolute atomic E-state index is 12.0. The normalized spacial score (nSPS) is 17.8. The maximum Gasteiger partial charge on any atom is 0.270 e. The fraction of sp³-hybridized carbons (Fsp3) is 0.545. The number of aromatic nitrogens is 1. The minimum atomic E-state index is 0.0430. The molecule has 88 valence electrons. The highest BCUT2D eigenvalue weighted by Crippen LogP contribution is 2.15. The van der Waals surface area contributed by atoms with Crippen LogP contribution in [0.5, 0.6) is 0 Å². The predicted octanol–water partition coefficient (Wildman–Crippen LogP) is 1.49. The van der Waals surface area contributed by atoms with Crippen molar-refractivity contribution in [3.63, 3.8) is 0 Å². The second-order valence-corrected chi connectivity index (χ2v) is 4.52. The lowest BCUT2D eigenvalue weighted by atomic mass is 10.1. The summed E-state index contributed by atoms with van der Waals surface area (Å²) < 4.78 is 0. The predicted molar refractivity (Wildman–Crippen MR) is 63.8 cm³/mol. The topological polar surface area (TPSA) is 48.1 Å². The fourth-order valence-corrected chi connectivity index (χ4v) is 2.20. The van der Waals surface area contributed by atoms with Crippen molar-refractivity contribution in [1.82, 2.24) is 15.2 Å². The van der Waals surface area contributed by atoms with Gasteiger partial charge in [0.1, 0.15) is 5.69 Å². The highest BCUT2D eigenvalue weighted by molar-refractivity contribution is 6.30. The van der Waals surface area contributed by atoms with Gasteiger partial charge in [-0.25, -0.2) is 0 Å². The van der Waals surface area contributed by atoms with Crippen molar-refractivity contribution in [3.8, 4) is 0 Å². The summed E-state index contributed by atoms with van der Waals surface area (Å²) in [4.78, 5) is 16.8. The van der Waals surface area contributed by atoms with Gasteiger partial charge in [-0.1, -0.05) is 11.6 Å². The lowest BCUT2D eigenvalue weighted by Gasteiger charge is -2.31. The third kappa shape index (κ3) is 2.39. The van der Waals surface area contributed by atoms with E-state index in [1.807, 2.05) is 11.9 Å². The fourth-order valence-electron chi connectivity index (χ4n) is 2.03. The van der Waals surface area contributed by atoms with Crippen molar-refractivity contribution in [2.24, 2.45) is 0 Å². The second-order valence-electron chi connectivity index (χ2n) is 4.09. The van der Waals surface area contributed by atoms with Gasteiger partial charge in [0, 0.05) is 25.3 Å². The summed E-state index contributed by atoms with van der Waals surface area (Å²) in [7, 11) is 1.97. The van der Waals surface area contributed by atoms with E-state index in [-0.39, 0.29) is 5.91 Å². The van der Waals surface area contributed by atoms with Gasteiger partial charge in [-0.15, -0.1) is 0 Å². The SMILES string of the molecule is CNC1CCN(C(=O)c2cc(Cl)c[nH]2)CC1. The molecule has 0 atom stereocenters. The number of amides is 1. The molecule has 0 spiro atoms. The average Bonchev–Trinajstić information content (AvgIpc) is 2.75. The van der Waals surface area contributed by atoms with Crippen molar-refractivity contribution in [1.29, 1.82) is 0 Å². The molecular formula is C11H16ClN3O. The number of hydrogen-bond acceptors (Lipinski definition) is 2. The molecule has 1 aromatic rings. The van der Waals surface area contributed by atoms with Gasteiger partial charge in [-0.3, -0.25) is 4.79 Å². The van der Waals surface area contributed by atoms with E-state index in [2.05, 4.69) is 10.3 Å². The monoisotopic (exact) mass is 241 g/mol. The first-order chi connectivity index (χ1) is 7.70. The first-order valence-electron chi connectivity index (χ1n) is 5.51. The first-order valence-corrected chi connectivity index (χ1v) is 5.89. The van der Waals surface area contributed by atoms with Crippen molar-refractivity contribution in [2.45, 2.75) is 18.9 Å². The van der Waals surface area contributed by atoms with E-state index >= 15 is 0 Å². The molecule has 0 radical (unpaired) electrons. The molecule has 1 aliphatic rings. The highest BCUT2D eigenvalue weighted by Gasteiger charge is 2.23. The van der Waals surface area contributed by atoms with E-state index in [0.717, 1.165) is 25.9 Å². The molecule has 1 saturated heterocycles. The van der Waals surface area contributed by atoms with Gasteiger partial charge >= 0.3 is 0 Å². The quantitative estimate of drug-likeness (QED) is 0.824. The Morgan fingerprint density at radius 1 is 1.56 bits per heavy atom. The van der Waals surface area contributed by atoms with Gasteiger partial charge in [0.15, 0.2) is 0 Å². The number of halogens is 1. The zero-order valence-electron chi connectivity index (χ0n) is 9.29. The summed E-state index contributed by atoms with van der Waals surface area (Å²) in [5, 5.41) is 3.82. The summed E-state index contributed by atoms with van der Waals surface area (Å²) in [5.41, 5.74) is 0.577. The van der Waals surface area contributed by atoms with Crippen LogP contribution in [0.1, 0.15) is 23.3 Å². The Morgan fingerprint density at radius 3 is 2.75 bits per heavy atom. The zero-order valence-corrected chi connectivity index (χ0v) is 10.0. The smallest absolute Gasteiger partial charge is 0.270 e. The molecule has 4 nitrogen and oxygen atoms in total. The summed E-state index contributed by atoms with van der Waals surface area (Å²) in [6, 6.07) is 2.21. The van der Waals surface area contributed by atoms with E-state index in [1.165, 1.54) is 0 Å². The molecule has 1 fully saturated rings. The number of nitrogens with zero attached hydrogens (tertiary/aromatic N) is 1. The molecule has 5 heteroatoms. The van der Waals surface area contributed by atoms with Gasteiger partial charge in [-0.2, -0.15) is 0 Å². The number of H-pyrrole nitrogens is 1. The first kappa shape index (κ1) is 11.5. The second kappa shape index (κ2) is 4.89. The van der Waals surface area contributed by atoms with Crippen LogP contribution in [0.2, 0.25) is 5.02 Å². The van der Waals surface area contributed by atoms with Crippen molar-refractivity contribution < 1.29 is 4.79 Å². The number of nitrogens with one attached hydrogen (secondary N) is 2. The number of rotatable bonds is 2. The van der Waals surface area contributed by atoms with E-state index in [4.69, 9.17) is 11.6 Å². The third-order valence-corrected chi connectivity index (χ3v) is 3.29. The summed E-state index contributed by atoms with van der Waals surface area (Å²) in [5.74, 6) is 0.0430. The number of carbonyl (C=O) groups excluding carboxylic acids is 1. The van der Waals surface area contributed by atoms with Crippen LogP contribution >= 0.6 is 11.6 Å². The van der Waals surface area contributed by atoms with Crippen LogP contribution in [0, 0.1) is 0 Å². The van der Waals surface area contributed by atoms with Crippen molar-refractivity contribution in [2.75, 3.05) is 20.1 Å². The van der Waals surface area contributed by atoms with Crippen LogP contribution in [-0.2, 0) is 0 Å². The van der Waals surface area contributed by atoms with Gasteiger partial charge in [0.25, 0.3) is 5.91 Å². The van der Waals surface area contributed by atoms with Gasteiger partial charge < -0.3 is 15.2 Å². The van der Waals surface area contributed by atoms with Gasteiger partial charge in [-0.05, 0) is 26.0 Å². The summed E-state index contributed by atoms with van der Waals surface area (Å²) >= 11 is 5.78. The number of carbonyl (C=O) groups is 1. The Balaban J connectivity index is 1.96. The van der Waals surface area contributed by atoms with E-state index in [1.54, 1.807) is 12.3 Å². The van der Waals surface area contributed by atoms with Crippen molar-refractivity contribution >= 4 is 17.5 Å². The molecule has 2 heterocycles. The molecule has 16 heavy (non-hydrogen) atoms. The summed E-state index contributed by atoms with van der Waals surface area (Å²) in [6.45, 7) is 1.61. The van der Waals surface area contributed by atoms with Crippen LogP contribution in [0.4, 0.5) is 0 Å². The van der Waals surface area contributed by atoms with Crippen LogP contribution in [0.25, 0.3) is 0 Å². The molecule has 1 amide bonds. The van der Waals surface area contributed by atoms with E-state index in [0.29, 0.717) is 16.8 Å². The lowest BCUT2D eigenvalue weighted by molar-refractivity contribution is 0.0702. The zero-order chi connectivity index (χ0) is 11.5.